The van der Waals surface area contributed by atoms with Crippen molar-refractivity contribution >= 4 is 21.6 Å². The zero-order valence-corrected chi connectivity index (χ0v) is 13.0. The minimum Gasteiger partial charge on any atom is -0.379 e. The van der Waals surface area contributed by atoms with Gasteiger partial charge in [-0.1, -0.05) is 23.4 Å². The molecule has 0 saturated carbocycles. The van der Waals surface area contributed by atoms with Gasteiger partial charge in [0.25, 0.3) is 5.89 Å². The number of aryl methyl sites for hydroxylation is 1. The van der Waals surface area contributed by atoms with E-state index < -0.39 is 0 Å². The van der Waals surface area contributed by atoms with Crippen LogP contribution in [0.15, 0.2) is 51.6 Å². The molecular weight excluding hydrogens is 332 g/mol. The Morgan fingerprint density at radius 1 is 1.10 bits per heavy atom. The van der Waals surface area contributed by atoms with Crippen molar-refractivity contribution in [2.75, 3.05) is 5.32 Å². The van der Waals surface area contributed by atoms with E-state index in [1.165, 1.54) is 0 Å². The number of hydrogen-bond donors (Lipinski definition) is 1. The van der Waals surface area contributed by atoms with Crippen molar-refractivity contribution in [1.29, 1.82) is 0 Å². The molecule has 5 nitrogen and oxygen atoms in total. The zero-order valence-electron chi connectivity index (χ0n) is 11.4. The number of pyridine rings is 1. The summed E-state index contributed by atoms with van der Waals surface area (Å²) in [4.78, 5) is 8.67. The number of halogens is 1. The van der Waals surface area contributed by atoms with Crippen molar-refractivity contribution in [2.24, 2.45) is 0 Å². The summed E-state index contributed by atoms with van der Waals surface area (Å²) < 4.78 is 6.06. The third kappa shape index (κ3) is 3.28. The summed E-state index contributed by atoms with van der Waals surface area (Å²) in [7, 11) is 0. The Bertz CT molecular complexity index is 757. The lowest BCUT2D eigenvalue weighted by atomic mass is 10.1. The molecule has 106 valence electrons. The SMILES string of the molecule is Cc1noc(-c2ccccc2NCc2cccc(Br)n2)n1. The number of nitrogens with one attached hydrogen (secondary N) is 1. The summed E-state index contributed by atoms with van der Waals surface area (Å²) in [6, 6.07) is 13.7. The van der Waals surface area contributed by atoms with Gasteiger partial charge in [0.15, 0.2) is 5.82 Å². The van der Waals surface area contributed by atoms with Gasteiger partial charge in [-0.2, -0.15) is 4.98 Å². The monoisotopic (exact) mass is 344 g/mol. The first kappa shape index (κ1) is 13.8. The Hall–Kier alpha value is -2.21. The summed E-state index contributed by atoms with van der Waals surface area (Å²) in [5.74, 6) is 1.13. The molecule has 0 spiro atoms. The molecular formula is C15H13BrN4O. The molecule has 0 atom stereocenters. The molecule has 1 aromatic carbocycles. The van der Waals surface area contributed by atoms with Gasteiger partial charge in [0.05, 0.1) is 17.8 Å². The first-order chi connectivity index (χ1) is 10.2. The summed E-state index contributed by atoms with van der Waals surface area (Å²) in [5.41, 5.74) is 2.76. The number of hydrogen-bond acceptors (Lipinski definition) is 5. The third-order valence-electron chi connectivity index (χ3n) is 2.92. The van der Waals surface area contributed by atoms with Gasteiger partial charge in [0, 0.05) is 5.69 Å². The standard InChI is InChI=1S/C15H13BrN4O/c1-10-18-15(21-20-10)12-6-2-3-7-13(12)17-9-11-5-4-8-14(16)19-11/h2-8,17H,9H2,1H3. The average Bonchev–Trinajstić information content (AvgIpc) is 2.92. The quantitative estimate of drug-likeness (QED) is 0.729. The molecule has 0 fully saturated rings. The second-order valence-electron chi connectivity index (χ2n) is 4.50. The summed E-state index contributed by atoms with van der Waals surface area (Å²) in [6.07, 6.45) is 0. The fourth-order valence-corrected chi connectivity index (χ4v) is 2.35. The Labute approximate surface area is 130 Å². The van der Waals surface area contributed by atoms with Gasteiger partial charge in [-0.3, -0.25) is 0 Å². The summed E-state index contributed by atoms with van der Waals surface area (Å²) >= 11 is 3.37. The number of anilines is 1. The van der Waals surface area contributed by atoms with Gasteiger partial charge in [-0.15, -0.1) is 0 Å². The van der Waals surface area contributed by atoms with Gasteiger partial charge in [0.2, 0.25) is 0 Å². The Morgan fingerprint density at radius 2 is 1.95 bits per heavy atom. The number of benzene rings is 1. The fourth-order valence-electron chi connectivity index (χ4n) is 1.96. The lowest BCUT2D eigenvalue weighted by molar-refractivity contribution is 0.426. The van der Waals surface area contributed by atoms with E-state index in [1.807, 2.05) is 42.5 Å². The van der Waals surface area contributed by atoms with E-state index in [0.29, 0.717) is 18.3 Å². The predicted octanol–water partition coefficient (Wildman–Crippen LogP) is 3.81. The van der Waals surface area contributed by atoms with Crippen LogP contribution in [0, 0.1) is 6.92 Å². The first-order valence-electron chi connectivity index (χ1n) is 6.47. The highest BCUT2D eigenvalue weighted by atomic mass is 79.9. The van der Waals surface area contributed by atoms with Crippen LogP contribution in [0.1, 0.15) is 11.5 Å². The van der Waals surface area contributed by atoms with Crippen LogP contribution >= 0.6 is 15.9 Å². The molecule has 0 bridgehead atoms. The molecule has 2 heterocycles. The first-order valence-corrected chi connectivity index (χ1v) is 7.27. The number of aromatic nitrogens is 3. The van der Waals surface area contributed by atoms with Gasteiger partial charge in [-0.05, 0) is 47.1 Å². The fraction of sp³-hybridized carbons (Fsp3) is 0.133. The normalized spacial score (nSPS) is 10.6. The van der Waals surface area contributed by atoms with Crippen LogP contribution in [0.5, 0.6) is 0 Å². The van der Waals surface area contributed by atoms with E-state index in [9.17, 15) is 0 Å². The predicted molar refractivity (Wildman–Crippen MR) is 83.7 cm³/mol. The summed E-state index contributed by atoms with van der Waals surface area (Å²) in [6.45, 7) is 2.41. The Balaban J connectivity index is 1.83. The van der Waals surface area contributed by atoms with Crippen LogP contribution in [0.2, 0.25) is 0 Å². The van der Waals surface area contributed by atoms with E-state index in [-0.39, 0.29) is 0 Å². The molecule has 0 unspecified atom stereocenters. The topological polar surface area (TPSA) is 63.8 Å². The maximum Gasteiger partial charge on any atom is 0.260 e. The van der Waals surface area contributed by atoms with Crippen LogP contribution in [0.25, 0.3) is 11.5 Å². The van der Waals surface area contributed by atoms with Crippen LogP contribution in [0.3, 0.4) is 0 Å². The third-order valence-corrected chi connectivity index (χ3v) is 3.36. The lowest BCUT2D eigenvalue weighted by Gasteiger charge is -2.09. The van der Waals surface area contributed by atoms with Crippen molar-refractivity contribution in [1.82, 2.24) is 15.1 Å². The van der Waals surface area contributed by atoms with E-state index in [1.54, 1.807) is 6.92 Å². The second kappa shape index (κ2) is 6.05. The molecule has 2 aromatic heterocycles. The molecule has 0 aliphatic carbocycles. The number of para-hydroxylation sites is 1. The average molecular weight is 345 g/mol. The largest absolute Gasteiger partial charge is 0.379 e. The highest BCUT2D eigenvalue weighted by molar-refractivity contribution is 9.10. The molecule has 1 N–H and O–H groups in total. The maximum atomic E-state index is 5.24. The smallest absolute Gasteiger partial charge is 0.260 e. The summed E-state index contributed by atoms with van der Waals surface area (Å²) in [5, 5.41) is 7.18. The molecule has 6 heteroatoms. The minimum absolute atomic E-state index is 0.512. The lowest BCUT2D eigenvalue weighted by Crippen LogP contribution is -2.02. The van der Waals surface area contributed by atoms with E-state index in [4.69, 9.17) is 4.52 Å². The Morgan fingerprint density at radius 3 is 2.71 bits per heavy atom. The molecule has 0 aliphatic heterocycles. The number of rotatable bonds is 4. The zero-order chi connectivity index (χ0) is 14.7. The highest BCUT2D eigenvalue weighted by Gasteiger charge is 2.11. The number of nitrogens with zero attached hydrogens (tertiary/aromatic N) is 3. The van der Waals surface area contributed by atoms with Crippen LogP contribution in [-0.2, 0) is 6.54 Å². The van der Waals surface area contributed by atoms with Gasteiger partial charge < -0.3 is 9.84 Å². The van der Waals surface area contributed by atoms with Crippen molar-refractivity contribution in [2.45, 2.75) is 13.5 Å². The van der Waals surface area contributed by atoms with Gasteiger partial charge in [0.1, 0.15) is 4.60 Å². The minimum atomic E-state index is 0.512. The maximum absolute atomic E-state index is 5.24. The molecule has 3 rings (SSSR count). The van der Waals surface area contributed by atoms with E-state index >= 15 is 0 Å². The van der Waals surface area contributed by atoms with Crippen LogP contribution in [-0.4, -0.2) is 15.1 Å². The van der Waals surface area contributed by atoms with Crippen molar-refractivity contribution < 1.29 is 4.52 Å². The molecule has 3 aromatic rings. The molecule has 0 aliphatic rings. The van der Waals surface area contributed by atoms with Crippen molar-refractivity contribution in [3.8, 4) is 11.5 Å². The molecule has 0 amide bonds. The molecule has 0 saturated heterocycles. The van der Waals surface area contributed by atoms with Crippen molar-refractivity contribution in [3.63, 3.8) is 0 Å². The van der Waals surface area contributed by atoms with Crippen LogP contribution < -0.4 is 5.32 Å². The van der Waals surface area contributed by atoms with E-state index in [0.717, 1.165) is 21.5 Å². The van der Waals surface area contributed by atoms with Crippen LogP contribution in [0.4, 0.5) is 5.69 Å². The molecule has 0 radical (unpaired) electrons. The molecule has 21 heavy (non-hydrogen) atoms. The van der Waals surface area contributed by atoms with Crippen molar-refractivity contribution in [3.05, 3.63) is 58.6 Å². The highest BCUT2D eigenvalue weighted by Crippen LogP contribution is 2.26. The van der Waals surface area contributed by atoms with E-state index in [2.05, 4.69) is 36.4 Å². The van der Waals surface area contributed by atoms with Gasteiger partial charge >= 0.3 is 0 Å². The van der Waals surface area contributed by atoms with Gasteiger partial charge in [-0.25, -0.2) is 4.98 Å². The second-order valence-corrected chi connectivity index (χ2v) is 5.31. The Kier molecular flexibility index (Phi) is 3.96.